The van der Waals surface area contributed by atoms with E-state index in [0.717, 1.165) is 18.1 Å². The van der Waals surface area contributed by atoms with E-state index in [4.69, 9.17) is 0 Å². The van der Waals surface area contributed by atoms with Gasteiger partial charge >= 0.3 is 0 Å². The predicted molar refractivity (Wildman–Crippen MR) is 71.5 cm³/mol. The number of aryl methyl sites for hydroxylation is 2. The summed E-state index contributed by atoms with van der Waals surface area (Å²) in [4.78, 5) is 5.83. The van der Waals surface area contributed by atoms with E-state index in [-0.39, 0.29) is 5.54 Å². The molecule has 0 radical (unpaired) electrons. The van der Waals surface area contributed by atoms with Crippen LogP contribution in [0.1, 0.15) is 38.1 Å². The molecule has 2 aromatic rings. The van der Waals surface area contributed by atoms with Crippen LogP contribution in [-0.2, 0) is 20.1 Å². The van der Waals surface area contributed by atoms with Gasteiger partial charge in [-0.15, -0.1) is 10.2 Å². The molecule has 0 spiro atoms. The molecule has 0 amide bonds. The summed E-state index contributed by atoms with van der Waals surface area (Å²) in [6.45, 7) is 9.78. The molecule has 0 saturated heterocycles. The summed E-state index contributed by atoms with van der Waals surface area (Å²) in [5.74, 6) is 1.65. The largest absolute Gasteiger partial charge is 0.323 e. The molecule has 0 unspecified atom stereocenters. The molecule has 7 heteroatoms. The minimum atomic E-state index is 0.0772. The van der Waals surface area contributed by atoms with Crippen LogP contribution in [0.25, 0.3) is 0 Å². The third-order valence-corrected chi connectivity index (χ3v) is 2.79. The first-order valence-corrected chi connectivity index (χ1v) is 6.34. The maximum Gasteiger partial charge on any atom is 0.194 e. The third-order valence-electron chi connectivity index (χ3n) is 2.79. The van der Waals surface area contributed by atoms with Crippen LogP contribution in [0.3, 0.4) is 0 Å². The van der Waals surface area contributed by atoms with E-state index in [0.29, 0.717) is 12.4 Å². The van der Waals surface area contributed by atoms with E-state index >= 15 is 0 Å². The van der Waals surface area contributed by atoms with Gasteiger partial charge in [-0.3, -0.25) is 0 Å². The van der Waals surface area contributed by atoms with E-state index in [9.17, 15) is 0 Å². The zero-order chi connectivity index (χ0) is 14.0. The summed E-state index contributed by atoms with van der Waals surface area (Å²) < 4.78 is 2.11. The van der Waals surface area contributed by atoms with Crippen LogP contribution >= 0.6 is 0 Å². The maximum absolute atomic E-state index is 4.36. The minimum Gasteiger partial charge on any atom is -0.323 e. The molecule has 0 aliphatic rings. The first kappa shape index (κ1) is 13.7. The number of rotatable bonds is 4. The van der Waals surface area contributed by atoms with Gasteiger partial charge in [-0.05, 0) is 32.9 Å². The van der Waals surface area contributed by atoms with Gasteiger partial charge in [-0.2, -0.15) is 4.80 Å². The second-order valence-electron chi connectivity index (χ2n) is 5.68. The van der Waals surface area contributed by atoms with Crippen LogP contribution in [0.2, 0.25) is 0 Å². The minimum absolute atomic E-state index is 0.0772. The smallest absolute Gasteiger partial charge is 0.194 e. The second-order valence-corrected chi connectivity index (χ2v) is 5.68. The molecule has 104 valence electrons. The molecule has 19 heavy (non-hydrogen) atoms. The molecule has 0 aliphatic carbocycles. The monoisotopic (exact) mass is 263 g/mol. The predicted octanol–water partition coefficient (Wildman–Crippen LogP) is 0.651. The maximum atomic E-state index is 4.36. The second kappa shape index (κ2) is 5.08. The Morgan fingerprint density at radius 2 is 2.05 bits per heavy atom. The summed E-state index contributed by atoms with van der Waals surface area (Å²) in [7, 11) is 1.76. The quantitative estimate of drug-likeness (QED) is 0.877. The van der Waals surface area contributed by atoms with Gasteiger partial charge in [0, 0.05) is 18.3 Å². The highest BCUT2D eigenvalue weighted by Crippen LogP contribution is 2.09. The lowest BCUT2D eigenvalue weighted by Crippen LogP contribution is -2.35. The SMILES string of the molecule is Cc1ncc(CNC(C)(C)C)n1Cc1nnn(C)n1. The topological polar surface area (TPSA) is 73.5 Å². The lowest BCUT2D eigenvalue weighted by molar-refractivity contribution is 0.416. The Morgan fingerprint density at radius 1 is 1.32 bits per heavy atom. The molecule has 1 N–H and O–H groups in total. The molecule has 2 rings (SSSR count). The normalized spacial score (nSPS) is 12.1. The number of hydrogen-bond acceptors (Lipinski definition) is 5. The van der Waals surface area contributed by atoms with E-state index in [2.05, 4.69) is 51.0 Å². The van der Waals surface area contributed by atoms with Crippen molar-refractivity contribution in [3.8, 4) is 0 Å². The molecule has 0 atom stereocenters. The fourth-order valence-corrected chi connectivity index (χ4v) is 1.76. The van der Waals surface area contributed by atoms with Gasteiger partial charge in [0.1, 0.15) is 5.82 Å². The Hall–Kier alpha value is -1.76. The molecular weight excluding hydrogens is 242 g/mol. The third kappa shape index (κ3) is 3.60. The number of imidazole rings is 1. The van der Waals surface area contributed by atoms with Crippen LogP contribution in [0.15, 0.2) is 6.20 Å². The Labute approximate surface area is 113 Å². The van der Waals surface area contributed by atoms with Crippen molar-refractivity contribution in [3.05, 3.63) is 23.5 Å². The Balaban J connectivity index is 2.13. The standard InChI is InChI=1S/C12H21N7/c1-9-13-6-10(7-14-12(2,3)4)19(9)8-11-15-17-18(5)16-11/h6,14H,7-8H2,1-5H3. The van der Waals surface area contributed by atoms with E-state index in [1.54, 1.807) is 7.05 Å². The molecule has 2 aromatic heterocycles. The van der Waals surface area contributed by atoms with Crippen LogP contribution in [0.5, 0.6) is 0 Å². The number of tetrazole rings is 1. The van der Waals surface area contributed by atoms with Gasteiger partial charge < -0.3 is 9.88 Å². The zero-order valence-corrected chi connectivity index (χ0v) is 12.2. The number of nitrogens with zero attached hydrogens (tertiary/aromatic N) is 6. The van der Waals surface area contributed by atoms with Crippen LogP contribution in [0.4, 0.5) is 0 Å². The van der Waals surface area contributed by atoms with Gasteiger partial charge in [0.25, 0.3) is 0 Å². The highest BCUT2D eigenvalue weighted by atomic mass is 15.6. The molecule has 0 saturated carbocycles. The van der Waals surface area contributed by atoms with E-state index < -0.39 is 0 Å². The zero-order valence-electron chi connectivity index (χ0n) is 12.2. The van der Waals surface area contributed by atoms with Gasteiger partial charge in [-0.1, -0.05) is 0 Å². The van der Waals surface area contributed by atoms with Gasteiger partial charge in [0.05, 0.1) is 19.3 Å². The summed E-state index contributed by atoms with van der Waals surface area (Å²) >= 11 is 0. The number of nitrogens with one attached hydrogen (secondary N) is 1. The van der Waals surface area contributed by atoms with Crippen LogP contribution in [-0.4, -0.2) is 35.3 Å². The fraction of sp³-hybridized carbons (Fsp3) is 0.667. The Morgan fingerprint density at radius 3 is 2.63 bits per heavy atom. The number of hydrogen-bond donors (Lipinski definition) is 1. The van der Waals surface area contributed by atoms with Crippen molar-refractivity contribution in [1.82, 2.24) is 35.1 Å². The highest BCUT2D eigenvalue weighted by molar-refractivity contribution is 5.06. The highest BCUT2D eigenvalue weighted by Gasteiger charge is 2.13. The molecular formula is C12H21N7. The lowest BCUT2D eigenvalue weighted by Gasteiger charge is -2.21. The van der Waals surface area contributed by atoms with Crippen molar-refractivity contribution in [1.29, 1.82) is 0 Å². The van der Waals surface area contributed by atoms with E-state index in [1.807, 2.05) is 13.1 Å². The van der Waals surface area contributed by atoms with E-state index in [1.165, 1.54) is 4.80 Å². The molecule has 0 aromatic carbocycles. The van der Waals surface area contributed by atoms with Crippen molar-refractivity contribution in [2.24, 2.45) is 7.05 Å². The fourth-order valence-electron chi connectivity index (χ4n) is 1.76. The van der Waals surface area contributed by atoms with Gasteiger partial charge in [-0.25, -0.2) is 4.98 Å². The summed E-state index contributed by atoms with van der Waals surface area (Å²) in [6, 6.07) is 0. The lowest BCUT2D eigenvalue weighted by atomic mass is 10.1. The van der Waals surface area contributed by atoms with Crippen molar-refractivity contribution in [2.75, 3.05) is 0 Å². The Kier molecular flexibility index (Phi) is 3.66. The molecule has 0 fully saturated rings. The first-order valence-electron chi connectivity index (χ1n) is 6.34. The van der Waals surface area contributed by atoms with Crippen molar-refractivity contribution < 1.29 is 0 Å². The van der Waals surface area contributed by atoms with Gasteiger partial charge in [0.2, 0.25) is 0 Å². The van der Waals surface area contributed by atoms with Crippen LogP contribution in [0, 0.1) is 6.92 Å². The Bertz CT molecular complexity index is 547. The van der Waals surface area contributed by atoms with Crippen LogP contribution < -0.4 is 5.32 Å². The molecule has 0 aliphatic heterocycles. The van der Waals surface area contributed by atoms with Crippen molar-refractivity contribution >= 4 is 0 Å². The molecule has 7 nitrogen and oxygen atoms in total. The van der Waals surface area contributed by atoms with Gasteiger partial charge in [0.15, 0.2) is 5.82 Å². The average molecular weight is 263 g/mol. The average Bonchev–Trinajstić information content (AvgIpc) is 2.85. The summed E-state index contributed by atoms with van der Waals surface area (Å²) in [5, 5.41) is 15.5. The molecule has 2 heterocycles. The van der Waals surface area contributed by atoms with Crippen molar-refractivity contribution in [3.63, 3.8) is 0 Å². The van der Waals surface area contributed by atoms with Crippen molar-refractivity contribution in [2.45, 2.75) is 46.3 Å². The molecule has 0 bridgehead atoms. The summed E-state index contributed by atoms with van der Waals surface area (Å²) in [5.41, 5.74) is 1.20. The first-order chi connectivity index (χ1) is 8.85. The summed E-state index contributed by atoms with van der Waals surface area (Å²) in [6.07, 6.45) is 1.89. The number of aromatic nitrogens is 6.